The van der Waals surface area contributed by atoms with Gasteiger partial charge in [0.2, 0.25) is 6.79 Å². The molecule has 0 saturated carbocycles. The van der Waals surface area contributed by atoms with Gasteiger partial charge in [0.15, 0.2) is 11.5 Å². The minimum absolute atomic E-state index is 0.0142. The van der Waals surface area contributed by atoms with E-state index in [-0.39, 0.29) is 24.8 Å². The van der Waals surface area contributed by atoms with Crippen LogP contribution >= 0.6 is 0 Å². The summed E-state index contributed by atoms with van der Waals surface area (Å²) in [4.78, 5) is 31.8. The predicted octanol–water partition coefficient (Wildman–Crippen LogP) is 2.17. The van der Waals surface area contributed by atoms with Crippen molar-refractivity contribution < 1.29 is 23.8 Å². The Morgan fingerprint density at radius 2 is 1.77 bits per heavy atom. The third-order valence-corrected chi connectivity index (χ3v) is 6.67. The first-order valence-electron chi connectivity index (χ1n) is 12.3. The number of morpholine rings is 1. The van der Waals surface area contributed by atoms with Gasteiger partial charge >= 0.3 is 6.03 Å². The maximum absolute atomic E-state index is 13.1. The fraction of sp³-hybridized carbons (Fsp3) is 0.462. The first kappa shape index (κ1) is 23.4. The Bertz CT molecular complexity index is 1030. The van der Waals surface area contributed by atoms with Gasteiger partial charge in [0, 0.05) is 51.4 Å². The summed E-state index contributed by atoms with van der Waals surface area (Å²) in [7, 11) is 0. The molecule has 5 rings (SSSR count). The molecule has 2 fully saturated rings. The average Bonchev–Trinajstić information content (AvgIpc) is 3.25. The van der Waals surface area contributed by atoms with E-state index >= 15 is 0 Å². The Balaban J connectivity index is 1.10. The van der Waals surface area contributed by atoms with Crippen molar-refractivity contribution >= 4 is 11.9 Å². The molecule has 2 aromatic rings. The highest BCUT2D eigenvalue weighted by molar-refractivity contribution is 5.95. The van der Waals surface area contributed by atoms with E-state index in [1.54, 1.807) is 18.2 Å². The van der Waals surface area contributed by atoms with Crippen LogP contribution in [0.3, 0.4) is 0 Å². The van der Waals surface area contributed by atoms with E-state index in [9.17, 15) is 9.59 Å². The Hall–Kier alpha value is -3.30. The summed E-state index contributed by atoms with van der Waals surface area (Å²) in [6.45, 7) is 6.18. The van der Waals surface area contributed by atoms with Gasteiger partial charge in [-0.15, -0.1) is 0 Å². The highest BCUT2D eigenvalue weighted by Gasteiger charge is 2.28. The lowest BCUT2D eigenvalue weighted by molar-refractivity contribution is -0.0299. The van der Waals surface area contributed by atoms with Gasteiger partial charge in [-0.25, -0.2) is 4.79 Å². The van der Waals surface area contributed by atoms with E-state index in [4.69, 9.17) is 14.2 Å². The molecule has 3 aliphatic rings. The molecule has 186 valence electrons. The van der Waals surface area contributed by atoms with Crippen LogP contribution in [-0.2, 0) is 11.3 Å². The quantitative estimate of drug-likeness (QED) is 0.706. The zero-order valence-corrected chi connectivity index (χ0v) is 19.9. The van der Waals surface area contributed by atoms with Crippen LogP contribution in [0.4, 0.5) is 4.79 Å². The molecule has 9 heteroatoms. The molecule has 0 aliphatic carbocycles. The van der Waals surface area contributed by atoms with Gasteiger partial charge in [0.25, 0.3) is 5.91 Å². The lowest BCUT2D eigenvalue weighted by atomic mass is 10.1. The average molecular weight is 481 g/mol. The molecule has 2 saturated heterocycles. The molecule has 35 heavy (non-hydrogen) atoms. The second-order valence-corrected chi connectivity index (χ2v) is 9.10. The standard InChI is InChI=1S/C26H32N4O5/c31-25(21-7-8-23-24(15-21)35-19-34-23)29-10-4-9-28(11-12-29)17-22-18-30(13-14-33-22)26(32)27-16-20-5-2-1-3-6-20/h1-3,5-8,15,22H,4,9-14,16-19H2,(H,27,32)/t22-/m1/s1. The van der Waals surface area contributed by atoms with Gasteiger partial charge in [-0.1, -0.05) is 30.3 Å². The lowest BCUT2D eigenvalue weighted by Gasteiger charge is -2.35. The van der Waals surface area contributed by atoms with Crippen LogP contribution in [0.15, 0.2) is 48.5 Å². The maximum atomic E-state index is 13.1. The topological polar surface area (TPSA) is 83.6 Å². The SMILES string of the molecule is O=C(NCc1ccccc1)N1CCO[C@H](CN2CCCN(C(=O)c3ccc4c(c3)OCO4)CC2)C1. The van der Waals surface area contributed by atoms with Gasteiger partial charge in [-0.3, -0.25) is 9.69 Å². The highest BCUT2D eigenvalue weighted by Crippen LogP contribution is 2.32. The molecular formula is C26H32N4O5. The summed E-state index contributed by atoms with van der Waals surface area (Å²) < 4.78 is 16.7. The van der Waals surface area contributed by atoms with Crippen LogP contribution in [-0.4, -0.2) is 92.0 Å². The number of urea groups is 1. The summed E-state index contributed by atoms with van der Waals surface area (Å²) in [5.74, 6) is 1.32. The molecule has 3 aliphatic heterocycles. The normalized spacial score (nSPS) is 20.4. The molecule has 9 nitrogen and oxygen atoms in total. The van der Waals surface area contributed by atoms with Crippen molar-refractivity contribution in [3.05, 3.63) is 59.7 Å². The molecule has 2 aromatic carbocycles. The van der Waals surface area contributed by atoms with E-state index < -0.39 is 0 Å². The van der Waals surface area contributed by atoms with E-state index in [0.717, 1.165) is 31.6 Å². The van der Waals surface area contributed by atoms with Crippen LogP contribution in [0.2, 0.25) is 0 Å². The van der Waals surface area contributed by atoms with E-state index in [1.807, 2.05) is 40.1 Å². The molecule has 1 atom stereocenters. The Morgan fingerprint density at radius 3 is 2.66 bits per heavy atom. The predicted molar refractivity (Wildman–Crippen MR) is 130 cm³/mol. The summed E-state index contributed by atoms with van der Waals surface area (Å²) in [5, 5.41) is 3.01. The van der Waals surface area contributed by atoms with Crippen molar-refractivity contribution in [3.63, 3.8) is 0 Å². The molecule has 0 bridgehead atoms. The monoisotopic (exact) mass is 480 g/mol. The minimum Gasteiger partial charge on any atom is -0.454 e. The number of carbonyl (C=O) groups excluding carboxylic acids is 2. The largest absolute Gasteiger partial charge is 0.454 e. The number of ether oxygens (including phenoxy) is 3. The van der Waals surface area contributed by atoms with E-state index in [2.05, 4.69) is 10.2 Å². The molecule has 3 amide bonds. The van der Waals surface area contributed by atoms with Crippen LogP contribution in [0.25, 0.3) is 0 Å². The van der Waals surface area contributed by atoms with Gasteiger partial charge in [0.1, 0.15) is 0 Å². The van der Waals surface area contributed by atoms with Crippen molar-refractivity contribution in [1.82, 2.24) is 20.0 Å². The van der Waals surface area contributed by atoms with Gasteiger partial charge < -0.3 is 29.3 Å². The molecule has 0 unspecified atom stereocenters. The highest BCUT2D eigenvalue weighted by atomic mass is 16.7. The molecule has 0 spiro atoms. The smallest absolute Gasteiger partial charge is 0.317 e. The second kappa shape index (κ2) is 11.0. The van der Waals surface area contributed by atoms with Gasteiger partial charge in [-0.2, -0.15) is 0 Å². The van der Waals surface area contributed by atoms with Crippen molar-refractivity contribution in [2.75, 3.05) is 59.2 Å². The van der Waals surface area contributed by atoms with Gasteiger partial charge in [-0.05, 0) is 36.7 Å². The second-order valence-electron chi connectivity index (χ2n) is 9.10. The van der Waals surface area contributed by atoms with Crippen LogP contribution in [0.1, 0.15) is 22.3 Å². The summed E-state index contributed by atoms with van der Waals surface area (Å²) in [5.41, 5.74) is 1.70. The summed E-state index contributed by atoms with van der Waals surface area (Å²) in [6, 6.07) is 15.2. The Kier molecular flexibility index (Phi) is 7.34. The van der Waals surface area contributed by atoms with Crippen molar-refractivity contribution in [2.24, 2.45) is 0 Å². The number of hydrogen-bond acceptors (Lipinski definition) is 6. The van der Waals surface area contributed by atoms with Crippen molar-refractivity contribution in [3.8, 4) is 11.5 Å². The fourth-order valence-corrected chi connectivity index (χ4v) is 4.76. The maximum Gasteiger partial charge on any atom is 0.317 e. The summed E-state index contributed by atoms with van der Waals surface area (Å²) in [6.07, 6.45) is 0.854. The molecule has 3 heterocycles. The number of rotatable bonds is 5. The first-order valence-corrected chi connectivity index (χ1v) is 12.3. The number of benzene rings is 2. The van der Waals surface area contributed by atoms with Crippen LogP contribution in [0.5, 0.6) is 11.5 Å². The lowest BCUT2D eigenvalue weighted by Crippen LogP contribution is -2.52. The number of amides is 3. The fourth-order valence-electron chi connectivity index (χ4n) is 4.76. The van der Waals surface area contributed by atoms with Crippen LogP contribution < -0.4 is 14.8 Å². The molecule has 0 aromatic heterocycles. The number of nitrogens with zero attached hydrogens (tertiary/aromatic N) is 3. The Labute approximate surface area is 205 Å². The number of carbonyl (C=O) groups is 2. The minimum atomic E-state index is -0.0569. The third-order valence-electron chi connectivity index (χ3n) is 6.67. The molecular weight excluding hydrogens is 448 g/mol. The molecule has 1 N–H and O–H groups in total. The van der Waals surface area contributed by atoms with E-state index in [0.29, 0.717) is 56.4 Å². The first-order chi connectivity index (χ1) is 17.2. The molecule has 0 radical (unpaired) electrons. The van der Waals surface area contributed by atoms with Crippen molar-refractivity contribution in [2.45, 2.75) is 19.1 Å². The number of fused-ring (bicyclic) bond motifs is 1. The number of nitrogens with one attached hydrogen (secondary N) is 1. The third kappa shape index (κ3) is 5.86. The summed E-state index contributed by atoms with van der Waals surface area (Å²) >= 11 is 0. The zero-order chi connectivity index (χ0) is 24.0. The van der Waals surface area contributed by atoms with Crippen LogP contribution in [0, 0.1) is 0 Å². The van der Waals surface area contributed by atoms with E-state index in [1.165, 1.54) is 0 Å². The van der Waals surface area contributed by atoms with Crippen molar-refractivity contribution in [1.29, 1.82) is 0 Å². The van der Waals surface area contributed by atoms with Gasteiger partial charge in [0.05, 0.1) is 12.7 Å². The zero-order valence-electron chi connectivity index (χ0n) is 19.9. The number of hydrogen-bond donors (Lipinski definition) is 1. The Morgan fingerprint density at radius 1 is 0.914 bits per heavy atom.